The van der Waals surface area contributed by atoms with Crippen molar-refractivity contribution in [1.29, 1.82) is 5.41 Å². The van der Waals surface area contributed by atoms with Gasteiger partial charge < -0.3 is 10.5 Å². The lowest BCUT2D eigenvalue weighted by Crippen LogP contribution is -2.45. The third-order valence-corrected chi connectivity index (χ3v) is 2.24. The van der Waals surface area contributed by atoms with Crippen LogP contribution in [0.2, 0.25) is 0 Å². The Morgan fingerprint density at radius 2 is 2.06 bits per heavy atom. The molecule has 1 aliphatic rings. The molecule has 1 atom stereocenters. The monoisotopic (exact) mass is 249 g/mol. The quantitative estimate of drug-likeness (QED) is 0.549. The van der Waals surface area contributed by atoms with E-state index in [1.807, 2.05) is 20.8 Å². The van der Waals surface area contributed by atoms with Gasteiger partial charge in [-0.2, -0.15) is 0 Å². The molecule has 16 heavy (non-hydrogen) atoms. The van der Waals surface area contributed by atoms with E-state index in [9.17, 15) is 4.79 Å². The molecule has 0 aliphatic carbocycles. The summed E-state index contributed by atoms with van der Waals surface area (Å²) in [5, 5.41) is 7.37. The Labute approximate surface area is 102 Å². The average molecular weight is 250 g/mol. The Morgan fingerprint density at radius 3 is 2.50 bits per heavy atom. The summed E-state index contributed by atoms with van der Waals surface area (Å²) >= 11 is 0. The van der Waals surface area contributed by atoms with Gasteiger partial charge in [0.2, 0.25) is 0 Å². The maximum absolute atomic E-state index is 11.7. The van der Waals surface area contributed by atoms with E-state index in [-0.39, 0.29) is 30.4 Å². The molecule has 94 valence electrons. The molecule has 1 rings (SSSR count). The number of carbonyl (C=O) groups is 1. The van der Waals surface area contributed by atoms with Crippen molar-refractivity contribution in [2.45, 2.75) is 45.3 Å². The van der Waals surface area contributed by atoms with Crippen molar-refractivity contribution in [3.05, 3.63) is 0 Å². The van der Waals surface area contributed by atoms with E-state index in [2.05, 4.69) is 0 Å². The fraction of sp³-hybridized carbons (Fsp3) is 0.800. The molecule has 6 heteroatoms. The molecule has 1 aliphatic heterocycles. The first-order valence-electron chi connectivity index (χ1n) is 5.15. The van der Waals surface area contributed by atoms with Crippen LogP contribution in [-0.2, 0) is 4.74 Å². The lowest BCUT2D eigenvalue weighted by molar-refractivity contribution is 0.0265. The minimum absolute atomic E-state index is 0. The third kappa shape index (κ3) is 3.89. The van der Waals surface area contributed by atoms with Crippen LogP contribution in [0.3, 0.4) is 0 Å². The highest BCUT2D eigenvalue weighted by Crippen LogP contribution is 2.20. The van der Waals surface area contributed by atoms with E-state index < -0.39 is 5.60 Å². The maximum atomic E-state index is 11.7. The molecule has 0 aromatic rings. The second-order valence-electron chi connectivity index (χ2n) is 4.79. The summed E-state index contributed by atoms with van der Waals surface area (Å²) in [5.41, 5.74) is 4.92. The molecule has 0 aromatic heterocycles. The molecular weight excluding hydrogens is 230 g/mol. The lowest BCUT2D eigenvalue weighted by atomic mass is 10.2. The standard InChI is InChI=1S/C10H19N3O2.ClH/c1-10(2,3)15-9(14)13-6-4-5-7(13)8(11)12;/h7H,4-6H2,1-3H3,(H3,11,12);1H. The molecule has 5 nitrogen and oxygen atoms in total. The summed E-state index contributed by atoms with van der Waals surface area (Å²) in [5.74, 6) is 0.0401. The molecule has 0 radical (unpaired) electrons. The number of rotatable bonds is 1. The first-order valence-corrected chi connectivity index (χ1v) is 5.15. The molecule has 1 fully saturated rings. The average Bonchev–Trinajstić information content (AvgIpc) is 2.47. The Hall–Kier alpha value is -0.970. The summed E-state index contributed by atoms with van der Waals surface area (Å²) in [6.07, 6.45) is 1.26. The number of nitrogens with zero attached hydrogens (tertiary/aromatic N) is 1. The second kappa shape index (κ2) is 5.39. The first-order chi connectivity index (χ1) is 6.81. The van der Waals surface area contributed by atoms with Gasteiger partial charge in [0.15, 0.2) is 0 Å². The van der Waals surface area contributed by atoms with Gasteiger partial charge in [0.05, 0.1) is 6.04 Å². The Balaban J connectivity index is 0.00000225. The van der Waals surface area contributed by atoms with Gasteiger partial charge >= 0.3 is 6.09 Å². The number of hydrogen-bond donors (Lipinski definition) is 2. The fourth-order valence-corrected chi connectivity index (χ4v) is 1.63. The number of nitrogens with two attached hydrogens (primary N) is 1. The van der Waals surface area contributed by atoms with Crippen molar-refractivity contribution < 1.29 is 9.53 Å². The molecule has 0 aromatic carbocycles. The topological polar surface area (TPSA) is 79.4 Å². The molecule has 1 amide bonds. The predicted molar refractivity (Wildman–Crippen MR) is 65.1 cm³/mol. The van der Waals surface area contributed by atoms with Crippen molar-refractivity contribution >= 4 is 24.3 Å². The summed E-state index contributed by atoms with van der Waals surface area (Å²) in [4.78, 5) is 13.3. The normalized spacial score (nSPS) is 20.2. The van der Waals surface area contributed by atoms with Gasteiger partial charge in [-0.25, -0.2) is 4.79 Å². The molecule has 1 saturated heterocycles. The Morgan fingerprint density at radius 1 is 1.50 bits per heavy atom. The zero-order valence-corrected chi connectivity index (χ0v) is 10.8. The van der Waals surface area contributed by atoms with Gasteiger partial charge in [-0.3, -0.25) is 10.3 Å². The zero-order chi connectivity index (χ0) is 11.6. The van der Waals surface area contributed by atoms with E-state index in [1.165, 1.54) is 4.90 Å². The number of likely N-dealkylation sites (tertiary alicyclic amines) is 1. The van der Waals surface area contributed by atoms with Crippen LogP contribution in [0.1, 0.15) is 33.6 Å². The largest absolute Gasteiger partial charge is 0.444 e. The van der Waals surface area contributed by atoms with Crippen LogP contribution >= 0.6 is 12.4 Å². The van der Waals surface area contributed by atoms with Gasteiger partial charge in [0.1, 0.15) is 11.4 Å². The number of nitrogens with one attached hydrogen (secondary N) is 1. The van der Waals surface area contributed by atoms with Crippen LogP contribution in [0.4, 0.5) is 4.79 Å². The van der Waals surface area contributed by atoms with Crippen molar-refractivity contribution in [3.63, 3.8) is 0 Å². The smallest absolute Gasteiger partial charge is 0.410 e. The summed E-state index contributed by atoms with van der Waals surface area (Å²) in [6.45, 7) is 6.09. The van der Waals surface area contributed by atoms with Crippen LogP contribution < -0.4 is 5.73 Å². The van der Waals surface area contributed by atoms with Crippen LogP contribution in [0.25, 0.3) is 0 Å². The maximum Gasteiger partial charge on any atom is 0.410 e. The third-order valence-electron chi connectivity index (χ3n) is 2.24. The molecule has 3 N–H and O–H groups in total. The fourth-order valence-electron chi connectivity index (χ4n) is 1.63. The van der Waals surface area contributed by atoms with Gasteiger partial charge in [-0.05, 0) is 33.6 Å². The lowest BCUT2D eigenvalue weighted by Gasteiger charge is -2.27. The van der Waals surface area contributed by atoms with Gasteiger partial charge in [0, 0.05) is 6.54 Å². The second-order valence-corrected chi connectivity index (χ2v) is 4.79. The van der Waals surface area contributed by atoms with Crippen LogP contribution in [0.15, 0.2) is 0 Å². The number of amidine groups is 1. The summed E-state index contributed by atoms with van der Waals surface area (Å²) in [6, 6.07) is -0.278. The van der Waals surface area contributed by atoms with Gasteiger partial charge in [0.25, 0.3) is 0 Å². The van der Waals surface area contributed by atoms with Crippen LogP contribution in [0.5, 0.6) is 0 Å². The molecule has 0 saturated carbocycles. The highest BCUT2D eigenvalue weighted by molar-refractivity contribution is 5.87. The molecular formula is C10H20ClN3O2. The predicted octanol–water partition coefficient (Wildman–Crippen LogP) is 1.74. The number of amides is 1. The SMILES string of the molecule is CC(C)(C)OC(=O)N1CCCC1C(=N)N.Cl. The van der Waals surface area contributed by atoms with Crippen molar-refractivity contribution in [3.8, 4) is 0 Å². The van der Waals surface area contributed by atoms with Crippen molar-refractivity contribution in [1.82, 2.24) is 4.90 Å². The van der Waals surface area contributed by atoms with Gasteiger partial charge in [-0.15, -0.1) is 12.4 Å². The summed E-state index contributed by atoms with van der Waals surface area (Å²) < 4.78 is 5.24. The van der Waals surface area contributed by atoms with E-state index >= 15 is 0 Å². The Kier molecular flexibility index (Phi) is 5.06. The summed E-state index contributed by atoms with van der Waals surface area (Å²) in [7, 11) is 0. The zero-order valence-electron chi connectivity index (χ0n) is 9.95. The molecule has 0 bridgehead atoms. The number of halogens is 1. The Bertz CT molecular complexity index is 276. The first kappa shape index (κ1) is 15.0. The number of ether oxygens (including phenoxy) is 1. The minimum atomic E-state index is -0.499. The highest BCUT2D eigenvalue weighted by Gasteiger charge is 2.33. The highest BCUT2D eigenvalue weighted by atomic mass is 35.5. The van der Waals surface area contributed by atoms with Crippen LogP contribution in [0, 0.1) is 5.41 Å². The van der Waals surface area contributed by atoms with Crippen molar-refractivity contribution in [2.24, 2.45) is 5.73 Å². The number of carbonyl (C=O) groups excluding carboxylic acids is 1. The van der Waals surface area contributed by atoms with E-state index in [0.717, 1.165) is 12.8 Å². The van der Waals surface area contributed by atoms with E-state index in [1.54, 1.807) is 0 Å². The number of hydrogen-bond acceptors (Lipinski definition) is 3. The molecule has 1 unspecified atom stereocenters. The van der Waals surface area contributed by atoms with E-state index in [4.69, 9.17) is 15.9 Å². The van der Waals surface area contributed by atoms with Gasteiger partial charge in [-0.1, -0.05) is 0 Å². The van der Waals surface area contributed by atoms with Crippen LogP contribution in [-0.4, -0.2) is 35.0 Å². The molecule has 1 heterocycles. The van der Waals surface area contributed by atoms with Crippen molar-refractivity contribution in [2.75, 3.05) is 6.54 Å². The minimum Gasteiger partial charge on any atom is -0.444 e. The van der Waals surface area contributed by atoms with E-state index in [0.29, 0.717) is 6.54 Å². The molecule has 0 spiro atoms.